The monoisotopic (exact) mass is 193 g/mol. The molecule has 1 aliphatic rings. The lowest BCUT2D eigenvalue weighted by atomic mass is 10.4. The Bertz CT molecular complexity index is 287. The van der Waals surface area contributed by atoms with Gasteiger partial charge >= 0.3 is 0 Å². The van der Waals surface area contributed by atoms with Crippen LogP contribution in [0.2, 0.25) is 6.04 Å². The van der Waals surface area contributed by atoms with E-state index in [1.54, 1.807) is 6.20 Å². The van der Waals surface area contributed by atoms with Crippen LogP contribution in [0.25, 0.3) is 0 Å². The Morgan fingerprint density at radius 3 is 3.08 bits per heavy atom. The second kappa shape index (κ2) is 3.89. The van der Waals surface area contributed by atoms with Crippen LogP contribution in [0.4, 0.5) is 5.69 Å². The van der Waals surface area contributed by atoms with Crippen LogP contribution in [0.15, 0.2) is 18.3 Å². The SMILES string of the molecule is Nc1ccnc([Si]2CCCCO2)c1. The van der Waals surface area contributed by atoms with Crippen molar-refractivity contribution in [1.29, 1.82) is 0 Å². The van der Waals surface area contributed by atoms with Gasteiger partial charge in [-0.15, -0.1) is 0 Å². The first-order valence-corrected chi connectivity index (χ1v) is 6.18. The van der Waals surface area contributed by atoms with E-state index >= 15 is 0 Å². The fourth-order valence-corrected chi connectivity index (χ4v) is 3.51. The van der Waals surface area contributed by atoms with Crippen molar-refractivity contribution in [3.63, 3.8) is 0 Å². The number of hydrogen-bond donors (Lipinski definition) is 1. The number of nitrogen functional groups attached to an aromatic ring is 1. The smallest absolute Gasteiger partial charge is 0.266 e. The second-order valence-corrected chi connectivity index (χ2v) is 5.35. The molecule has 2 heterocycles. The summed E-state index contributed by atoms with van der Waals surface area (Å²) in [5.74, 6) is 0. The van der Waals surface area contributed by atoms with Gasteiger partial charge in [0.1, 0.15) is 0 Å². The quantitative estimate of drug-likeness (QED) is 0.667. The fourth-order valence-electron chi connectivity index (χ4n) is 1.46. The van der Waals surface area contributed by atoms with Crippen molar-refractivity contribution in [3.8, 4) is 0 Å². The van der Waals surface area contributed by atoms with Gasteiger partial charge in [-0.05, 0) is 24.6 Å². The third kappa shape index (κ3) is 2.08. The highest BCUT2D eigenvalue weighted by Gasteiger charge is 2.20. The summed E-state index contributed by atoms with van der Waals surface area (Å²) in [6.07, 6.45) is 4.22. The maximum atomic E-state index is 5.70. The molecule has 0 saturated carbocycles. The van der Waals surface area contributed by atoms with Crippen molar-refractivity contribution < 1.29 is 4.43 Å². The Morgan fingerprint density at radius 2 is 2.38 bits per heavy atom. The number of aromatic nitrogens is 1. The average Bonchev–Trinajstić information content (AvgIpc) is 2.19. The van der Waals surface area contributed by atoms with E-state index in [2.05, 4.69) is 4.98 Å². The molecular weight excluding hydrogens is 180 g/mol. The predicted molar refractivity (Wildman–Crippen MR) is 54.0 cm³/mol. The Kier molecular flexibility index (Phi) is 2.61. The first-order chi connectivity index (χ1) is 6.36. The van der Waals surface area contributed by atoms with Gasteiger partial charge in [-0.25, -0.2) is 0 Å². The Hall–Kier alpha value is -0.873. The molecule has 1 aromatic rings. The first kappa shape index (κ1) is 8.71. The van der Waals surface area contributed by atoms with Crippen molar-refractivity contribution >= 4 is 20.0 Å². The molecule has 3 nitrogen and oxygen atoms in total. The van der Waals surface area contributed by atoms with Gasteiger partial charge in [-0.2, -0.15) is 0 Å². The van der Waals surface area contributed by atoms with Gasteiger partial charge in [0.15, 0.2) is 0 Å². The Labute approximate surface area is 79.7 Å². The van der Waals surface area contributed by atoms with Crippen molar-refractivity contribution in [2.24, 2.45) is 0 Å². The van der Waals surface area contributed by atoms with Crippen LogP contribution in [-0.2, 0) is 4.43 Å². The molecule has 1 saturated heterocycles. The average molecular weight is 193 g/mol. The lowest BCUT2D eigenvalue weighted by molar-refractivity contribution is 0.294. The molecule has 13 heavy (non-hydrogen) atoms. The molecule has 0 atom stereocenters. The van der Waals surface area contributed by atoms with Gasteiger partial charge in [0, 0.05) is 18.5 Å². The minimum Gasteiger partial charge on any atom is -0.410 e. The van der Waals surface area contributed by atoms with Crippen molar-refractivity contribution in [2.75, 3.05) is 12.3 Å². The molecule has 4 heteroatoms. The number of rotatable bonds is 1. The maximum Gasteiger partial charge on any atom is 0.266 e. The molecule has 2 rings (SSSR count). The zero-order valence-electron chi connectivity index (χ0n) is 7.49. The number of pyridine rings is 1. The zero-order valence-corrected chi connectivity index (χ0v) is 8.49. The molecule has 0 unspecified atom stereocenters. The molecule has 69 valence electrons. The molecule has 2 N–H and O–H groups in total. The van der Waals surface area contributed by atoms with Crippen LogP contribution in [0.5, 0.6) is 0 Å². The van der Waals surface area contributed by atoms with Gasteiger partial charge in [-0.3, -0.25) is 4.98 Å². The minimum absolute atomic E-state index is 0.789. The van der Waals surface area contributed by atoms with Crippen molar-refractivity contribution in [1.82, 2.24) is 4.98 Å². The van der Waals surface area contributed by atoms with Gasteiger partial charge in [0.25, 0.3) is 9.04 Å². The lowest BCUT2D eigenvalue weighted by Gasteiger charge is -2.19. The van der Waals surface area contributed by atoms with Crippen molar-refractivity contribution in [3.05, 3.63) is 18.3 Å². The molecule has 0 bridgehead atoms. The van der Waals surface area contributed by atoms with E-state index in [9.17, 15) is 0 Å². The van der Waals surface area contributed by atoms with E-state index < -0.39 is 9.04 Å². The highest BCUT2D eigenvalue weighted by Crippen LogP contribution is 2.10. The first-order valence-electron chi connectivity index (χ1n) is 4.57. The summed E-state index contributed by atoms with van der Waals surface area (Å²) in [6, 6.07) is 4.93. The van der Waals surface area contributed by atoms with E-state index in [0.29, 0.717) is 0 Å². The molecule has 1 fully saturated rings. The molecule has 1 aliphatic heterocycles. The number of nitrogens with zero attached hydrogens (tertiary/aromatic N) is 1. The third-order valence-electron chi connectivity index (χ3n) is 2.14. The van der Waals surface area contributed by atoms with Crippen LogP contribution >= 0.6 is 0 Å². The molecule has 0 spiro atoms. The van der Waals surface area contributed by atoms with Gasteiger partial charge in [0.2, 0.25) is 0 Å². The summed E-state index contributed by atoms with van der Waals surface area (Å²) in [7, 11) is -0.839. The Morgan fingerprint density at radius 1 is 1.46 bits per heavy atom. The zero-order chi connectivity index (χ0) is 9.10. The molecule has 0 aromatic carbocycles. The van der Waals surface area contributed by atoms with Gasteiger partial charge in [-0.1, -0.05) is 6.42 Å². The number of anilines is 1. The number of hydrogen-bond acceptors (Lipinski definition) is 3. The third-order valence-corrected chi connectivity index (χ3v) is 4.35. The normalized spacial score (nSPS) is 18.8. The maximum absolute atomic E-state index is 5.70. The lowest BCUT2D eigenvalue weighted by Crippen LogP contribution is -2.38. The van der Waals surface area contributed by atoms with Crippen LogP contribution in [-0.4, -0.2) is 20.6 Å². The van der Waals surface area contributed by atoms with E-state index in [4.69, 9.17) is 10.2 Å². The molecule has 0 amide bonds. The fraction of sp³-hybridized carbons (Fsp3) is 0.444. The highest BCUT2D eigenvalue weighted by atomic mass is 28.3. The Balaban J connectivity index is 2.14. The summed E-state index contributed by atoms with van der Waals surface area (Å²) in [6.45, 7) is 0.894. The summed E-state index contributed by atoms with van der Waals surface area (Å²) >= 11 is 0. The molecule has 1 aromatic heterocycles. The van der Waals surface area contributed by atoms with Crippen LogP contribution in [0, 0.1) is 0 Å². The molecule has 1 radical (unpaired) electrons. The van der Waals surface area contributed by atoms with Gasteiger partial charge < -0.3 is 10.2 Å². The van der Waals surface area contributed by atoms with Crippen molar-refractivity contribution in [2.45, 2.75) is 18.9 Å². The van der Waals surface area contributed by atoms with E-state index in [-0.39, 0.29) is 0 Å². The summed E-state index contributed by atoms with van der Waals surface area (Å²) in [4.78, 5) is 4.30. The number of nitrogens with two attached hydrogens (primary N) is 1. The largest absolute Gasteiger partial charge is 0.410 e. The van der Waals surface area contributed by atoms with E-state index in [0.717, 1.165) is 17.6 Å². The topological polar surface area (TPSA) is 48.1 Å². The summed E-state index contributed by atoms with van der Waals surface area (Å²) in [5.41, 5.74) is 6.47. The van der Waals surface area contributed by atoms with E-state index in [1.807, 2.05) is 12.1 Å². The van der Waals surface area contributed by atoms with Gasteiger partial charge in [0.05, 0.1) is 5.32 Å². The summed E-state index contributed by atoms with van der Waals surface area (Å²) < 4.78 is 5.70. The molecule has 0 aliphatic carbocycles. The van der Waals surface area contributed by atoms with Crippen LogP contribution in [0.1, 0.15) is 12.8 Å². The minimum atomic E-state index is -0.839. The standard InChI is InChI=1S/C9H13N2OSi/c10-8-3-4-11-9(7-8)13-6-2-1-5-12-13/h3-4,7H,1-2,5-6H2,(H2,10,11). The second-order valence-electron chi connectivity index (χ2n) is 3.20. The highest BCUT2D eigenvalue weighted by molar-refractivity contribution is 6.66. The summed E-state index contributed by atoms with van der Waals surface area (Å²) in [5, 5.41) is 1.07. The van der Waals surface area contributed by atoms with E-state index in [1.165, 1.54) is 18.9 Å². The van der Waals surface area contributed by atoms with Crippen LogP contribution < -0.4 is 11.1 Å². The predicted octanol–water partition coefficient (Wildman–Crippen LogP) is 0.673. The molecular formula is C9H13N2OSi. The van der Waals surface area contributed by atoms with Crippen LogP contribution in [0.3, 0.4) is 0 Å².